The van der Waals surface area contributed by atoms with E-state index in [4.69, 9.17) is 16.3 Å². The van der Waals surface area contributed by atoms with Crippen molar-refractivity contribution in [2.45, 2.75) is 24.5 Å². The van der Waals surface area contributed by atoms with Crippen LogP contribution in [-0.2, 0) is 14.4 Å². The van der Waals surface area contributed by atoms with Gasteiger partial charge in [0.05, 0.1) is 24.6 Å². The van der Waals surface area contributed by atoms with Gasteiger partial charge in [-0.25, -0.2) is 9.91 Å². The smallest absolute Gasteiger partial charge is 0.264 e. The van der Waals surface area contributed by atoms with Gasteiger partial charge in [0.1, 0.15) is 12.3 Å². The Bertz CT molecular complexity index is 1560. The molecule has 0 N–H and O–H groups in total. The number of rotatable bonds is 6. The highest BCUT2D eigenvalue weighted by atomic mass is 79.9. The monoisotopic (exact) mass is 620 g/mol. The average Bonchev–Trinajstić information content (AvgIpc) is 3.64. The van der Waals surface area contributed by atoms with Gasteiger partial charge in [-0.1, -0.05) is 63.1 Å². The lowest BCUT2D eigenvalue weighted by molar-refractivity contribution is -0.135. The van der Waals surface area contributed by atoms with Crippen LogP contribution in [0.15, 0.2) is 92.7 Å². The van der Waals surface area contributed by atoms with Crippen LogP contribution in [0.25, 0.3) is 0 Å². The summed E-state index contributed by atoms with van der Waals surface area (Å²) in [7, 11) is 1.59. The van der Waals surface area contributed by atoms with Crippen molar-refractivity contribution in [3.05, 3.63) is 93.4 Å². The molecule has 10 nitrogen and oxygen atoms in total. The number of methoxy groups -OCH3 is 1. The standard InChI is InChI=1S/C28H22BrClN6O4/c1-40-21-11-7-17(8-12-21)23-14-22(16-5-9-19(30)10-6-16)32-36(23)24(37)15-34-26-25(31-33-34)27(38)35(28(26)39)20-4-2-3-18(29)13-20/h2-13,23,25-26H,14-15H2,1H3/t23-,25+,26+/m0/s1. The fourth-order valence-corrected chi connectivity index (χ4v) is 5.59. The molecule has 0 unspecified atom stereocenters. The molecule has 1 saturated heterocycles. The number of halogens is 2. The number of hydrogen-bond donors (Lipinski definition) is 0. The van der Waals surface area contributed by atoms with Crippen molar-refractivity contribution >= 4 is 56.7 Å². The molecule has 3 heterocycles. The number of benzene rings is 3. The molecular formula is C28H22BrClN6O4. The molecule has 0 bridgehead atoms. The average molecular weight is 622 g/mol. The zero-order valence-electron chi connectivity index (χ0n) is 21.1. The van der Waals surface area contributed by atoms with Crippen LogP contribution < -0.4 is 9.64 Å². The Kier molecular flexibility index (Phi) is 6.85. The summed E-state index contributed by atoms with van der Waals surface area (Å²) < 4.78 is 6.01. The van der Waals surface area contributed by atoms with Crippen LogP contribution in [-0.4, -0.2) is 59.2 Å². The molecule has 0 saturated carbocycles. The molecule has 0 spiro atoms. The lowest BCUT2D eigenvalue weighted by Gasteiger charge is -2.25. The second kappa shape index (κ2) is 10.5. The van der Waals surface area contributed by atoms with Crippen LogP contribution in [0.3, 0.4) is 0 Å². The van der Waals surface area contributed by atoms with E-state index in [1.54, 1.807) is 43.5 Å². The van der Waals surface area contributed by atoms with Crippen molar-refractivity contribution < 1.29 is 19.1 Å². The molecule has 0 aromatic heterocycles. The predicted octanol–water partition coefficient (Wildman–Crippen LogP) is 4.78. The normalized spacial score (nSPS) is 21.7. The van der Waals surface area contributed by atoms with Crippen molar-refractivity contribution in [2.75, 3.05) is 18.6 Å². The number of hydrogen-bond acceptors (Lipinski definition) is 8. The predicted molar refractivity (Wildman–Crippen MR) is 151 cm³/mol. The summed E-state index contributed by atoms with van der Waals surface area (Å²) in [5.41, 5.74) is 2.87. The minimum absolute atomic E-state index is 0.278. The molecular weight excluding hydrogens is 600 g/mol. The fourth-order valence-electron chi connectivity index (χ4n) is 5.08. The minimum Gasteiger partial charge on any atom is -0.497 e. The van der Waals surface area contributed by atoms with Gasteiger partial charge in [0.2, 0.25) is 0 Å². The molecule has 3 amide bonds. The Morgan fingerprint density at radius 2 is 1.80 bits per heavy atom. The van der Waals surface area contributed by atoms with Crippen LogP contribution in [0.2, 0.25) is 5.02 Å². The number of anilines is 1. The molecule has 3 atom stereocenters. The van der Waals surface area contributed by atoms with E-state index in [0.29, 0.717) is 22.9 Å². The maximum absolute atomic E-state index is 13.7. The number of carbonyl (C=O) groups is 3. The van der Waals surface area contributed by atoms with E-state index in [2.05, 4.69) is 31.4 Å². The van der Waals surface area contributed by atoms with E-state index in [-0.39, 0.29) is 12.5 Å². The largest absolute Gasteiger partial charge is 0.497 e. The first-order chi connectivity index (χ1) is 19.3. The zero-order chi connectivity index (χ0) is 28.0. The topological polar surface area (TPSA) is 107 Å². The summed E-state index contributed by atoms with van der Waals surface area (Å²) in [6.45, 7) is -0.278. The fraction of sp³-hybridized carbons (Fsp3) is 0.214. The van der Waals surface area contributed by atoms with Gasteiger partial charge in [0.15, 0.2) is 12.1 Å². The highest BCUT2D eigenvalue weighted by molar-refractivity contribution is 9.10. The maximum atomic E-state index is 13.7. The Balaban J connectivity index is 1.26. The third-order valence-electron chi connectivity index (χ3n) is 7.07. The number of fused-ring (bicyclic) bond motifs is 1. The number of amides is 3. The first-order valence-corrected chi connectivity index (χ1v) is 13.6. The van der Waals surface area contributed by atoms with Crippen LogP contribution in [0, 0.1) is 0 Å². The number of nitrogens with zero attached hydrogens (tertiary/aromatic N) is 6. The molecule has 6 rings (SSSR count). The lowest BCUT2D eigenvalue weighted by atomic mass is 9.98. The summed E-state index contributed by atoms with van der Waals surface area (Å²) in [5, 5.41) is 16.1. The number of ether oxygens (including phenoxy) is 1. The second-order valence-corrected chi connectivity index (χ2v) is 10.8. The quantitative estimate of drug-likeness (QED) is 0.368. The summed E-state index contributed by atoms with van der Waals surface area (Å²) >= 11 is 9.44. The van der Waals surface area contributed by atoms with Crippen molar-refractivity contribution in [1.29, 1.82) is 0 Å². The third-order valence-corrected chi connectivity index (χ3v) is 7.81. The molecule has 1 fully saturated rings. The Morgan fingerprint density at radius 1 is 1.05 bits per heavy atom. The van der Waals surface area contributed by atoms with E-state index in [9.17, 15) is 14.4 Å². The number of hydrazone groups is 1. The van der Waals surface area contributed by atoms with Gasteiger partial charge in [0, 0.05) is 15.9 Å². The first kappa shape index (κ1) is 26.1. The lowest BCUT2D eigenvalue weighted by Crippen LogP contribution is -2.44. The van der Waals surface area contributed by atoms with Crippen molar-refractivity contribution in [3.8, 4) is 5.75 Å². The van der Waals surface area contributed by atoms with Gasteiger partial charge in [-0.3, -0.25) is 19.4 Å². The molecule has 202 valence electrons. The van der Waals surface area contributed by atoms with Gasteiger partial charge >= 0.3 is 0 Å². The first-order valence-electron chi connectivity index (χ1n) is 12.4. The maximum Gasteiger partial charge on any atom is 0.264 e. The molecule has 3 aliphatic heterocycles. The summed E-state index contributed by atoms with van der Waals surface area (Å²) in [4.78, 5) is 41.3. The molecule has 40 heavy (non-hydrogen) atoms. The van der Waals surface area contributed by atoms with Gasteiger partial charge in [-0.15, -0.1) is 0 Å². The Labute approximate surface area is 243 Å². The van der Waals surface area contributed by atoms with Crippen molar-refractivity contribution in [3.63, 3.8) is 0 Å². The zero-order valence-corrected chi connectivity index (χ0v) is 23.5. The molecule has 3 aliphatic rings. The van der Waals surface area contributed by atoms with Gasteiger partial charge < -0.3 is 4.74 Å². The summed E-state index contributed by atoms with van der Waals surface area (Å²) in [5.74, 6) is -0.650. The molecule has 12 heteroatoms. The summed E-state index contributed by atoms with van der Waals surface area (Å²) in [6, 6.07) is 19.2. The second-order valence-electron chi connectivity index (χ2n) is 9.47. The van der Waals surface area contributed by atoms with Gasteiger partial charge in [-0.05, 0) is 53.6 Å². The van der Waals surface area contributed by atoms with E-state index in [1.165, 1.54) is 10.0 Å². The Morgan fingerprint density at radius 3 is 2.50 bits per heavy atom. The van der Waals surface area contributed by atoms with Gasteiger partial charge in [0.25, 0.3) is 17.7 Å². The van der Waals surface area contributed by atoms with E-state index in [1.807, 2.05) is 36.4 Å². The number of carbonyl (C=O) groups excluding carboxylic acids is 3. The van der Waals surface area contributed by atoms with Crippen molar-refractivity contribution in [1.82, 2.24) is 10.0 Å². The molecule has 0 radical (unpaired) electrons. The number of imide groups is 1. The van der Waals surface area contributed by atoms with Crippen molar-refractivity contribution in [2.24, 2.45) is 15.4 Å². The van der Waals surface area contributed by atoms with Crippen LogP contribution in [0.5, 0.6) is 5.75 Å². The third kappa shape index (κ3) is 4.65. The molecule has 3 aromatic carbocycles. The van der Waals surface area contributed by atoms with Crippen LogP contribution in [0.4, 0.5) is 5.69 Å². The highest BCUT2D eigenvalue weighted by Gasteiger charge is 2.55. The summed E-state index contributed by atoms with van der Waals surface area (Å²) in [6.07, 6.45) is 0.474. The Hall–Kier alpha value is -4.09. The van der Waals surface area contributed by atoms with E-state index < -0.39 is 29.9 Å². The highest BCUT2D eigenvalue weighted by Crippen LogP contribution is 2.36. The van der Waals surface area contributed by atoms with Gasteiger partial charge in [-0.2, -0.15) is 10.2 Å². The van der Waals surface area contributed by atoms with E-state index >= 15 is 0 Å². The van der Waals surface area contributed by atoms with Crippen LogP contribution >= 0.6 is 27.5 Å². The van der Waals surface area contributed by atoms with Crippen LogP contribution in [0.1, 0.15) is 23.6 Å². The molecule has 3 aromatic rings. The minimum atomic E-state index is -1.01. The van der Waals surface area contributed by atoms with E-state index in [0.717, 1.165) is 26.2 Å². The molecule has 0 aliphatic carbocycles. The SMILES string of the molecule is COc1ccc([C@@H]2CC(c3ccc(Cl)cc3)=NN2C(=O)CN2N=N[C@H]3C(=O)N(c4cccc(Br)c4)C(=O)[C@@H]32)cc1.